The number of nitrogens with zero attached hydrogens (tertiary/aromatic N) is 2. The van der Waals surface area contributed by atoms with E-state index in [0.717, 1.165) is 27.6 Å². The number of fused-ring (bicyclic) bond motifs is 1. The van der Waals surface area contributed by atoms with Gasteiger partial charge in [-0.05, 0) is 66.9 Å². The molecule has 5 nitrogen and oxygen atoms in total. The minimum Gasteiger partial charge on any atom is -0.411 e. The number of hydrogen-bond donors (Lipinski definition) is 1. The predicted octanol–water partition coefficient (Wildman–Crippen LogP) is 5.63. The van der Waals surface area contributed by atoms with Gasteiger partial charge in [0.2, 0.25) is 11.8 Å². The molecule has 0 saturated carbocycles. The van der Waals surface area contributed by atoms with Crippen LogP contribution in [0.3, 0.4) is 0 Å². The number of benzene rings is 3. The van der Waals surface area contributed by atoms with Crippen molar-refractivity contribution in [3.8, 4) is 11.5 Å². The van der Waals surface area contributed by atoms with E-state index in [1.165, 1.54) is 17.3 Å². The minimum absolute atomic E-state index is 0.115. The summed E-state index contributed by atoms with van der Waals surface area (Å²) in [6.07, 6.45) is 0. The van der Waals surface area contributed by atoms with Crippen molar-refractivity contribution in [1.82, 2.24) is 10.2 Å². The average molecular weight is 404 g/mol. The maximum Gasteiger partial charge on any atom is 0.277 e. The molecule has 0 aliphatic rings. The molecule has 4 rings (SSSR count). The highest BCUT2D eigenvalue weighted by Gasteiger charge is 2.19. The maximum absolute atomic E-state index is 12.6. The molecular formula is C23H21N3O2S. The lowest BCUT2D eigenvalue weighted by atomic mass is 10.1. The van der Waals surface area contributed by atoms with Crippen molar-refractivity contribution in [3.63, 3.8) is 0 Å². The summed E-state index contributed by atoms with van der Waals surface area (Å²) in [5, 5.41) is 13.4. The molecule has 146 valence electrons. The van der Waals surface area contributed by atoms with Crippen molar-refractivity contribution in [2.45, 2.75) is 31.2 Å². The molecular weight excluding hydrogens is 382 g/mol. The molecule has 1 aromatic heterocycles. The Hall–Kier alpha value is -3.12. The van der Waals surface area contributed by atoms with Crippen molar-refractivity contribution in [3.05, 3.63) is 71.8 Å². The zero-order valence-corrected chi connectivity index (χ0v) is 17.3. The fourth-order valence-electron chi connectivity index (χ4n) is 2.96. The van der Waals surface area contributed by atoms with Gasteiger partial charge in [0.25, 0.3) is 5.22 Å². The number of nitrogens with one attached hydrogen (secondary N) is 1. The van der Waals surface area contributed by atoms with Crippen LogP contribution in [0.4, 0.5) is 5.69 Å². The van der Waals surface area contributed by atoms with Crippen LogP contribution in [0.2, 0.25) is 0 Å². The first-order valence-electron chi connectivity index (χ1n) is 9.37. The van der Waals surface area contributed by atoms with Crippen LogP contribution in [0.5, 0.6) is 0 Å². The quantitative estimate of drug-likeness (QED) is 0.438. The number of rotatable bonds is 5. The first-order chi connectivity index (χ1) is 14.0. The van der Waals surface area contributed by atoms with E-state index in [9.17, 15) is 4.79 Å². The standard InChI is InChI=1S/C23H21N3O2S/c1-14-8-9-19(12-15(14)2)22-25-26-23(28-22)29-16(3)21(27)24-20-11-10-17-6-4-5-7-18(17)13-20/h4-13,16H,1-3H3,(H,24,27)/t16-/m0/s1. The first-order valence-corrected chi connectivity index (χ1v) is 10.2. The van der Waals surface area contributed by atoms with E-state index in [0.29, 0.717) is 11.1 Å². The van der Waals surface area contributed by atoms with Gasteiger partial charge in [-0.15, -0.1) is 10.2 Å². The van der Waals surface area contributed by atoms with E-state index >= 15 is 0 Å². The van der Waals surface area contributed by atoms with Gasteiger partial charge in [0.1, 0.15) is 0 Å². The molecule has 0 bridgehead atoms. The van der Waals surface area contributed by atoms with E-state index in [1.807, 2.05) is 74.5 Å². The van der Waals surface area contributed by atoms with Crippen LogP contribution < -0.4 is 5.32 Å². The molecule has 3 aromatic carbocycles. The Bertz CT molecular complexity index is 1190. The van der Waals surface area contributed by atoms with Crippen LogP contribution in [0.15, 0.2) is 70.3 Å². The van der Waals surface area contributed by atoms with Gasteiger partial charge < -0.3 is 9.73 Å². The lowest BCUT2D eigenvalue weighted by Gasteiger charge is -2.10. The van der Waals surface area contributed by atoms with Crippen LogP contribution in [0.1, 0.15) is 18.1 Å². The van der Waals surface area contributed by atoms with Crippen LogP contribution in [0.25, 0.3) is 22.2 Å². The number of carbonyl (C=O) groups excluding carboxylic acids is 1. The third-order valence-electron chi connectivity index (χ3n) is 4.82. The summed E-state index contributed by atoms with van der Waals surface area (Å²) in [6.45, 7) is 5.93. The molecule has 1 N–H and O–H groups in total. The molecule has 1 heterocycles. The summed E-state index contributed by atoms with van der Waals surface area (Å²) >= 11 is 1.25. The van der Waals surface area contributed by atoms with Crippen molar-refractivity contribution in [2.24, 2.45) is 0 Å². The molecule has 0 radical (unpaired) electrons. The lowest BCUT2D eigenvalue weighted by molar-refractivity contribution is -0.115. The molecule has 0 fully saturated rings. The van der Waals surface area contributed by atoms with E-state index in [4.69, 9.17) is 4.42 Å². The Kier molecular flexibility index (Phi) is 5.36. The number of carbonyl (C=O) groups is 1. The van der Waals surface area contributed by atoms with Gasteiger partial charge in [-0.25, -0.2) is 0 Å². The zero-order valence-electron chi connectivity index (χ0n) is 16.5. The monoisotopic (exact) mass is 403 g/mol. The number of aryl methyl sites for hydroxylation is 2. The molecule has 0 aliphatic heterocycles. The number of hydrogen-bond acceptors (Lipinski definition) is 5. The molecule has 0 spiro atoms. The van der Waals surface area contributed by atoms with Gasteiger partial charge in [0, 0.05) is 11.3 Å². The summed E-state index contributed by atoms with van der Waals surface area (Å²) in [5.41, 5.74) is 4.02. The molecule has 0 aliphatic carbocycles. The molecule has 0 unspecified atom stereocenters. The van der Waals surface area contributed by atoms with Gasteiger partial charge >= 0.3 is 0 Å². The highest BCUT2D eigenvalue weighted by molar-refractivity contribution is 8.00. The second kappa shape index (κ2) is 8.09. The Labute approximate surface area is 173 Å². The third kappa shape index (κ3) is 4.32. The highest BCUT2D eigenvalue weighted by Crippen LogP contribution is 2.28. The van der Waals surface area contributed by atoms with Crippen molar-refractivity contribution in [2.75, 3.05) is 5.32 Å². The van der Waals surface area contributed by atoms with E-state index < -0.39 is 0 Å². The molecule has 6 heteroatoms. The number of amides is 1. The lowest BCUT2D eigenvalue weighted by Crippen LogP contribution is -2.22. The van der Waals surface area contributed by atoms with Gasteiger partial charge in [0.05, 0.1) is 5.25 Å². The number of anilines is 1. The summed E-state index contributed by atoms with van der Waals surface area (Å²) in [4.78, 5) is 12.6. The minimum atomic E-state index is -0.380. The average Bonchev–Trinajstić information content (AvgIpc) is 3.18. The highest BCUT2D eigenvalue weighted by atomic mass is 32.2. The van der Waals surface area contributed by atoms with Gasteiger partial charge in [-0.2, -0.15) is 0 Å². The SMILES string of the molecule is Cc1ccc(-c2nnc(S[C@@H](C)C(=O)Nc3ccc4ccccc4c3)o2)cc1C. The summed E-state index contributed by atoms with van der Waals surface area (Å²) in [6, 6.07) is 19.9. The molecule has 1 atom stereocenters. The van der Waals surface area contributed by atoms with Crippen molar-refractivity contribution >= 4 is 34.1 Å². The zero-order chi connectivity index (χ0) is 20.4. The Morgan fingerprint density at radius 3 is 2.55 bits per heavy atom. The molecule has 0 saturated heterocycles. The van der Waals surface area contributed by atoms with Crippen molar-refractivity contribution in [1.29, 1.82) is 0 Å². The Balaban J connectivity index is 1.43. The van der Waals surface area contributed by atoms with Crippen LogP contribution in [-0.4, -0.2) is 21.4 Å². The number of aromatic nitrogens is 2. The summed E-state index contributed by atoms with van der Waals surface area (Å²) in [5.74, 6) is 0.342. The largest absolute Gasteiger partial charge is 0.411 e. The van der Waals surface area contributed by atoms with E-state index in [2.05, 4.69) is 22.4 Å². The predicted molar refractivity (Wildman–Crippen MR) is 117 cm³/mol. The number of thioether (sulfide) groups is 1. The Morgan fingerprint density at radius 1 is 0.966 bits per heavy atom. The van der Waals surface area contributed by atoms with Crippen LogP contribution in [-0.2, 0) is 4.79 Å². The molecule has 29 heavy (non-hydrogen) atoms. The summed E-state index contributed by atoms with van der Waals surface area (Å²) < 4.78 is 5.75. The van der Waals surface area contributed by atoms with Crippen molar-refractivity contribution < 1.29 is 9.21 Å². The second-order valence-electron chi connectivity index (χ2n) is 6.98. The van der Waals surface area contributed by atoms with Gasteiger partial charge in [0.15, 0.2) is 0 Å². The van der Waals surface area contributed by atoms with E-state index in [1.54, 1.807) is 0 Å². The maximum atomic E-state index is 12.6. The normalized spacial score (nSPS) is 12.1. The fraction of sp³-hybridized carbons (Fsp3) is 0.174. The fourth-order valence-corrected chi connectivity index (χ4v) is 3.65. The van der Waals surface area contributed by atoms with Gasteiger partial charge in [-0.1, -0.05) is 48.2 Å². The van der Waals surface area contributed by atoms with Crippen LogP contribution >= 0.6 is 11.8 Å². The Morgan fingerprint density at radius 2 is 1.76 bits per heavy atom. The molecule has 1 amide bonds. The van der Waals surface area contributed by atoms with E-state index in [-0.39, 0.29) is 11.2 Å². The third-order valence-corrected chi connectivity index (χ3v) is 5.76. The summed E-state index contributed by atoms with van der Waals surface area (Å²) in [7, 11) is 0. The topological polar surface area (TPSA) is 68.0 Å². The first kappa shape index (κ1) is 19.2. The molecule has 4 aromatic rings. The smallest absolute Gasteiger partial charge is 0.277 e. The van der Waals surface area contributed by atoms with Crippen LogP contribution in [0, 0.1) is 13.8 Å². The second-order valence-corrected chi connectivity index (χ2v) is 8.28. The van der Waals surface area contributed by atoms with Gasteiger partial charge in [-0.3, -0.25) is 4.79 Å².